The number of nitrogens with zero attached hydrogens (tertiary/aromatic N) is 5. The van der Waals surface area contributed by atoms with Crippen molar-refractivity contribution < 1.29 is 19.0 Å². The first-order valence-corrected chi connectivity index (χ1v) is 15.8. The molecule has 0 aliphatic carbocycles. The maximum absolute atomic E-state index is 13.5. The molecular formula is C35H34Cl2N6O4. The van der Waals surface area contributed by atoms with Crippen LogP contribution < -0.4 is 19.5 Å². The van der Waals surface area contributed by atoms with Gasteiger partial charge in [0.05, 0.1) is 42.5 Å². The van der Waals surface area contributed by atoms with E-state index in [0.717, 1.165) is 50.6 Å². The highest BCUT2D eigenvalue weighted by molar-refractivity contribution is 6.41. The number of nitrogens with one attached hydrogen (secondary N) is 1. The first-order chi connectivity index (χ1) is 22.9. The van der Waals surface area contributed by atoms with Crippen LogP contribution in [0.1, 0.15) is 21.5 Å². The zero-order valence-electron chi connectivity index (χ0n) is 26.3. The molecule has 6 rings (SSSR count). The highest BCUT2D eigenvalue weighted by Gasteiger charge is 2.23. The highest BCUT2D eigenvalue weighted by Crippen LogP contribution is 2.47. The molecule has 3 aromatic carbocycles. The summed E-state index contributed by atoms with van der Waals surface area (Å²) in [7, 11) is 4.70. The second-order valence-corrected chi connectivity index (χ2v) is 11.9. The number of carbonyl (C=O) groups is 1. The minimum Gasteiger partial charge on any atom is -0.497 e. The molecule has 47 heavy (non-hydrogen) atoms. The number of piperazine rings is 1. The van der Waals surface area contributed by atoms with E-state index in [1.165, 1.54) is 26.0 Å². The minimum absolute atomic E-state index is 0.294. The van der Waals surface area contributed by atoms with Crippen LogP contribution >= 0.6 is 23.2 Å². The van der Waals surface area contributed by atoms with Gasteiger partial charge in [-0.3, -0.25) is 24.6 Å². The van der Waals surface area contributed by atoms with E-state index in [1.54, 1.807) is 37.7 Å². The Bertz CT molecular complexity index is 1850. The van der Waals surface area contributed by atoms with Crippen LogP contribution in [0.2, 0.25) is 10.0 Å². The van der Waals surface area contributed by atoms with E-state index in [9.17, 15) is 4.79 Å². The molecule has 1 amide bonds. The van der Waals surface area contributed by atoms with Crippen LogP contribution in [-0.4, -0.2) is 78.2 Å². The lowest BCUT2D eigenvalue weighted by molar-refractivity contribution is 0.102. The molecule has 1 saturated heterocycles. The molecule has 0 bridgehead atoms. The lowest BCUT2D eigenvalue weighted by atomic mass is 9.99. The van der Waals surface area contributed by atoms with Crippen LogP contribution in [-0.2, 0) is 13.1 Å². The van der Waals surface area contributed by atoms with Gasteiger partial charge in [-0.1, -0.05) is 47.5 Å². The molecule has 1 fully saturated rings. The van der Waals surface area contributed by atoms with Crippen molar-refractivity contribution in [1.29, 1.82) is 0 Å². The zero-order chi connectivity index (χ0) is 32.9. The quantitative estimate of drug-likeness (QED) is 0.176. The number of ether oxygens (including phenoxy) is 3. The Morgan fingerprint density at radius 1 is 0.745 bits per heavy atom. The summed E-state index contributed by atoms with van der Waals surface area (Å²) < 4.78 is 16.1. The monoisotopic (exact) mass is 672 g/mol. The van der Waals surface area contributed by atoms with Gasteiger partial charge in [-0.2, -0.15) is 0 Å². The van der Waals surface area contributed by atoms with Gasteiger partial charge in [0.15, 0.2) is 0 Å². The number of anilines is 1. The second kappa shape index (κ2) is 14.5. The van der Waals surface area contributed by atoms with Crippen LogP contribution in [0.15, 0.2) is 73.2 Å². The number of aromatic nitrogens is 3. The molecule has 0 saturated carbocycles. The standard InChI is InChI=1S/C35H34Cl2N6O4/c1-45-24-7-4-22(5-8-24)20-42-14-16-43(17-15-42)21-23-6-11-29(40-19-23)41-35(44)26-10-9-25(33-34(26)39-13-12-38-33)30-31(36)27(46-2)18-28(47-3)32(30)37/h4-13,18-19H,14-17,20-21H2,1-3H3,(H,40,41,44). The SMILES string of the molecule is COc1ccc(CN2CCN(Cc3ccc(NC(=O)c4ccc(-c5c(Cl)c(OC)cc(OC)c5Cl)c5nccnc45)nc3)CC2)cc1. The second-order valence-electron chi connectivity index (χ2n) is 11.1. The summed E-state index contributed by atoms with van der Waals surface area (Å²) in [6.07, 6.45) is 4.89. The molecule has 0 spiro atoms. The predicted molar refractivity (Wildman–Crippen MR) is 184 cm³/mol. The number of pyridine rings is 1. The van der Waals surface area contributed by atoms with Gasteiger partial charge in [0.2, 0.25) is 0 Å². The number of hydrogen-bond acceptors (Lipinski definition) is 9. The van der Waals surface area contributed by atoms with Crippen molar-refractivity contribution in [3.63, 3.8) is 0 Å². The van der Waals surface area contributed by atoms with E-state index in [1.807, 2.05) is 24.3 Å². The third-order valence-electron chi connectivity index (χ3n) is 8.22. The van der Waals surface area contributed by atoms with Crippen LogP contribution in [0.25, 0.3) is 22.2 Å². The Morgan fingerprint density at radius 3 is 1.91 bits per heavy atom. The number of amides is 1. The van der Waals surface area contributed by atoms with Gasteiger partial charge in [0.25, 0.3) is 5.91 Å². The summed E-state index contributed by atoms with van der Waals surface area (Å²) in [5, 5.41) is 3.49. The fraction of sp³-hybridized carbons (Fsp3) is 0.257. The van der Waals surface area contributed by atoms with E-state index >= 15 is 0 Å². The lowest BCUT2D eigenvalue weighted by Gasteiger charge is -2.34. The van der Waals surface area contributed by atoms with E-state index in [4.69, 9.17) is 37.4 Å². The van der Waals surface area contributed by atoms with Crippen molar-refractivity contribution in [1.82, 2.24) is 24.8 Å². The number of fused-ring (bicyclic) bond motifs is 1. The number of hydrogen-bond donors (Lipinski definition) is 1. The molecule has 0 radical (unpaired) electrons. The minimum atomic E-state index is -0.365. The fourth-order valence-corrected chi connectivity index (χ4v) is 6.40. The molecule has 1 N–H and O–H groups in total. The van der Waals surface area contributed by atoms with E-state index < -0.39 is 0 Å². The van der Waals surface area contributed by atoms with Gasteiger partial charge in [0.1, 0.15) is 28.6 Å². The number of rotatable bonds is 10. The molecule has 12 heteroatoms. The number of benzene rings is 3. The number of methoxy groups -OCH3 is 3. The molecule has 5 aromatic rings. The first kappa shape index (κ1) is 32.5. The fourth-order valence-electron chi connectivity index (χ4n) is 5.69. The van der Waals surface area contributed by atoms with E-state index in [-0.39, 0.29) is 5.91 Å². The van der Waals surface area contributed by atoms with Crippen molar-refractivity contribution in [3.8, 4) is 28.4 Å². The van der Waals surface area contributed by atoms with Crippen LogP contribution in [0, 0.1) is 0 Å². The highest BCUT2D eigenvalue weighted by atomic mass is 35.5. The number of carbonyl (C=O) groups excluding carboxylic acids is 1. The maximum atomic E-state index is 13.5. The molecule has 0 atom stereocenters. The molecule has 1 aliphatic rings. The van der Waals surface area contributed by atoms with Gasteiger partial charge in [0, 0.05) is 75.1 Å². The van der Waals surface area contributed by atoms with Gasteiger partial charge in [-0.15, -0.1) is 0 Å². The maximum Gasteiger partial charge on any atom is 0.259 e. The first-order valence-electron chi connectivity index (χ1n) is 15.1. The number of halogens is 2. The smallest absolute Gasteiger partial charge is 0.259 e. The molecule has 1 aliphatic heterocycles. The van der Waals surface area contributed by atoms with Crippen LogP contribution in [0.3, 0.4) is 0 Å². The zero-order valence-corrected chi connectivity index (χ0v) is 27.8. The third kappa shape index (κ3) is 7.11. The normalized spacial score (nSPS) is 13.8. The predicted octanol–water partition coefficient (Wildman–Crippen LogP) is 6.59. The summed E-state index contributed by atoms with van der Waals surface area (Å²) in [6, 6.07) is 17.1. The Labute approximate surface area is 283 Å². The van der Waals surface area contributed by atoms with Crippen molar-refractivity contribution in [2.24, 2.45) is 0 Å². The largest absolute Gasteiger partial charge is 0.497 e. The Morgan fingerprint density at radius 2 is 1.34 bits per heavy atom. The summed E-state index contributed by atoms with van der Waals surface area (Å²) in [6.45, 7) is 5.64. The summed E-state index contributed by atoms with van der Waals surface area (Å²) in [4.78, 5) is 31.9. The van der Waals surface area contributed by atoms with Crippen molar-refractivity contribution >= 4 is 46.0 Å². The van der Waals surface area contributed by atoms with Crippen LogP contribution in [0.5, 0.6) is 17.2 Å². The average Bonchev–Trinajstić information content (AvgIpc) is 3.10. The lowest BCUT2D eigenvalue weighted by Crippen LogP contribution is -2.45. The van der Waals surface area contributed by atoms with E-state index in [0.29, 0.717) is 55.1 Å². The Balaban J connectivity index is 1.12. The molecule has 3 heterocycles. The molecule has 2 aromatic heterocycles. The topological polar surface area (TPSA) is 102 Å². The van der Waals surface area contributed by atoms with Gasteiger partial charge in [-0.25, -0.2) is 4.98 Å². The molecule has 10 nitrogen and oxygen atoms in total. The summed E-state index contributed by atoms with van der Waals surface area (Å²) >= 11 is 13.4. The van der Waals surface area contributed by atoms with Crippen molar-refractivity contribution in [3.05, 3.63) is 99.9 Å². The molecule has 242 valence electrons. The Hall–Kier alpha value is -4.48. The van der Waals surface area contributed by atoms with Crippen LogP contribution in [0.4, 0.5) is 5.82 Å². The van der Waals surface area contributed by atoms with Gasteiger partial charge < -0.3 is 19.5 Å². The summed E-state index contributed by atoms with van der Waals surface area (Å²) in [5.41, 5.74) is 4.58. The summed E-state index contributed by atoms with van der Waals surface area (Å²) in [5.74, 6) is 1.73. The Kier molecular flexibility index (Phi) is 10.0. The van der Waals surface area contributed by atoms with Crippen molar-refractivity contribution in [2.45, 2.75) is 13.1 Å². The van der Waals surface area contributed by atoms with Crippen molar-refractivity contribution in [2.75, 3.05) is 52.8 Å². The van der Waals surface area contributed by atoms with E-state index in [2.05, 4.69) is 42.2 Å². The molecular weight excluding hydrogens is 639 g/mol. The molecule has 0 unspecified atom stereocenters. The van der Waals surface area contributed by atoms with Gasteiger partial charge in [-0.05, 0) is 35.4 Å². The average molecular weight is 674 g/mol. The third-order valence-corrected chi connectivity index (χ3v) is 8.97. The van der Waals surface area contributed by atoms with Gasteiger partial charge >= 0.3 is 0 Å².